The van der Waals surface area contributed by atoms with Gasteiger partial charge in [-0.05, 0) is 26.7 Å². The predicted molar refractivity (Wildman–Crippen MR) is 66.4 cm³/mol. The van der Waals surface area contributed by atoms with Crippen LogP contribution in [0.2, 0.25) is 0 Å². The lowest BCUT2D eigenvalue weighted by Crippen LogP contribution is -2.31. The highest BCUT2D eigenvalue weighted by atomic mass is 16.5. The number of hydrogen-bond donors (Lipinski definition) is 2. The molecule has 1 aliphatic heterocycles. The van der Waals surface area contributed by atoms with Crippen LogP contribution in [0.1, 0.15) is 33.1 Å². The molecule has 1 heterocycles. The van der Waals surface area contributed by atoms with Crippen LogP contribution in [0.4, 0.5) is 0 Å². The van der Waals surface area contributed by atoms with E-state index in [2.05, 4.69) is 0 Å². The monoisotopic (exact) mass is 274 g/mol. The van der Waals surface area contributed by atoms with Gasteiger partial charge in [0.15, 0.2) is 0 Å². The van der Waals surface area contributed by atoms with E-state index in [1.165, 1.54) is 6.92 Å². The zero-order valence-corrected chi connectivity index (χ0v) is 11.4. The van der Waals surface area contributed by atoms with Crippen LogP contribution in [0.15, 0.2) is 0 Å². The number of aliphatic hydroxyl groups excluding tert-OH is 2. The summed E-state index contributed by atoms with van der Waals surface area (Å²) in [7, 11) is 0. The molecule has 0 unspecified atom stereocenters. The van der Waals surface area contributed by atoms with Crippen LogP contribution in [0, 0.1) is 5.92 Å². The second-order valence-electron chi connectivity index (χ2n) is 5.04. The maximum atomic E-state index is 11.7. The Morgan fingerprint density at radius 1 is 1.42 bits per heavy atom. The van der Waals surface area contributed by atoms with E-state index in [9.17, 15) is 9.59 Å². The van der Waals surface area contributed by atoms with E-state index >= 15 is 0 Å². The molecule has 0 aliphatic carbocycles. The first kappa shape index (κ1) is 16.1. The summed E-state index contributed by atoms with van der Waals surface area (Å²) in [6.45, 7) is 2.56. The third-order valence-electron chi connectivity index (χ3n) is 3.21. The molecule has 19 heavy (non-hydrogen) atoms. The summed E-state index contributed by atoms with van der Waals surface area (Å²) in [6.07, 6.45) is 0.453. The Balaban J connectivity index is 2.35. The summed E-state index contributed by atoms with van der Waals surface area (Å²) in [5.74, 6) is -0.823. The van der Waals surface area contributed by atoms with Gasteiger partial charge in [-0.15, -0.1) is 0 Å². The molecule has 0 saturated carbocycles. The molecular formula is C13H22O6. The van der Waals surface area contributed by atoms with Crippen LogP contribution in [0.25, 0.3) is 0 Å². The Morgan fingerprint density at radius 2 is 2.11 bits per heavy atom. The van der Waals surface area contributed by atoms with Crippen LogP contribution in [-0.2, 0) is 19.1 Å². The van der Waals surface area contributed by atoms with Gasteiger partial charge < -0.3 is 19.7 Å². The molecule has 1 saturated heterocycles. The first-order valence-electron chi connectivity index (χ1n) is 6.54. The van der Waals surface area contributed by atoms with Gasteiger partial charge in [-0.3, -0.25) is 9.59 Å². The predicted octanol–water partition coefficient (Wildman–Crippen LogP) is 0.0456. The van der Waals surface area contributed by atoms with Crippen molar-refractivity contribution in [2.24, 2.45) is 5.92 Å². The highest BCUT2D eigenvalue weighted by molar-refractivity contribution is 5.76. The van der Waals surface area contributed by atoms with Gasteiger partial charge in [0.05, 0.1) is 24.7 Å². The second kappa shape index (κ2) is 7.57. The number of ether oxygens (including phenoxy) is 2. The summed E-state index contributed by atoms with van der Waals surface area (Å²) in [6, 6.07) is 0. The summed E-state index contributed by atoms with van der Waals surface area (Å²) in [4.78, 5) is 22.7. The number of aliphatic hydroxyl groups is 2. The Hall–Kier alpha value is -0.980. The molecule has 2 N–H and O–H groups in total. The smallest absolute Gasteiger partial charge is 0.311 e. The number of esters is 1. The largest absolute Gasteiger partial charge is 0.463 e. The van der Waals surface area contributed by atoms with Gasteiger partial charge in [-0.25, -0.2) is 0 Å². The van der Waals surface area contributed by atoms with Crippen molar-refractivity contribution in [3.63, 3.8) is 0 Å². The van der Waals surface area contributed by atoms with Crippen molar-refractivity contribution in [3.8, 4) is 0 Å². The molecule has 4 atom stereocenters. The third kappa shape index (κ3) is 5.26. The van der Waals surface area contributed by atoms with Gasteiger partial charge in [0.2, 0.25) is 0 Å². The Kier molecular flexibility index (Phi) is 6.41. The number of ketones is 1. The van der Waals surface area contributed by atoms with Gasteiger partial charge >= 0.3 is 5.97 Å². The highest BCUT2D eigenvalue weighted by Gasteiger charge is 2.34. The van der Waals surface area contributed by atoms with E-state index in [0.717, 1.165) is 12.8 Å². The Bertz CT molecular complexity index is 316. The molecule has 0 amide bonds. The van der Waals surface area contributed by atoms with Crippen LogP contribution < -0.4 is 0 Å². The van der Waals surface area contributed by atoms with Gasteiger partial charge in [0.1, 0.15) is 18.5 Å². The number of Topliss-reactive ketones (excluding diaryl/α,β-unsaturated/α-hetero) is 1. The fraction of sp³-hybridized carbons (Fsp3) is 0.846. The number of rotatable bonds is 7. The first-order chi connectivity index (χ1) is 8.93. The standard InChI is InChI=1S/C13H22O6/c1-8(15)5-11-3-4-12(19-11)9(2)13(17)18-7-10(16)6-14/h9-12,14,16H,3-7H2,1-2H3/t9-,10-,11-,12-/m1/s1. The van der Waals surface area contributed by atoms with Crippen molar-refractivity contribution >= 4 is 11.8 Å². The highest BCUT2D eigenvalue weighted by Crippen LogP contribution is 2.28. The fourth-order valence-electron chi connectivity index (χ4n) is 2.09. The average Bonchev–Trinajstić information content (AvgIpc) is 2.81. The summed E-state index contributed by atoms with van der Waals surface area (Å²) in [5, 5.41) is 17.7. The van der Waals surface area contributed by atoms with Crippen molar-refractivity contribution in [2.45, 2.75) is 51.4 Å². The molecule has 0 aromatic carbocycles. The molecule has 0 bridgehead atoms. The van der Waals surface area contributed by atoms with Crippen molar-refractivity contribution in [1.82, 2.24) is 0 Å². The molecule has 0 aromatic rings. The van der Waals surface area contributed by atoms with E-state index < -0.39 is 24.6 Å². The Labute approximate surface area is 112 Å². The topological polar surface area (TPSA) is 93.1 Å². The molecule has 1 rings (SSSR count). The third-order valence-corrected chi connectivity index (χ3v) is 3.21. The maximum Gasteiger partial charge on any atom is 0.311 e. The number of carbonyl (C=O) groups excluding carboxylic acids is 2. The molecule has 6 nitrogen and oxygen atoms in total. The molecule has 1 aliphatic rings. The van der Waals surface area contributed by atoms with Crippen molar-refractivity contribution in [3.05, 3.63) is 0 Å². The van der Waals surface area contributed by atoms with Crippen LogP contribution in [0.5, 0.6) is 0 Å². The van der Waals surface area contributed by atoms with Crippen molar-refractivity contribution < 1.29 is 29.3 Å². The first-order valence-corrected chi connectivity index (χ1v) is 6.54. The van der Waals surface area contributed by atoms with E-state index in [0.29, 0.717) is 6.42 Å². The van der Waals surface area contributed by atoms with Crippen molar-refractivity contribution in [1.29, 1.82) is 0 Å². The molecule has 1 fully saturated rings. The van der Waals surface area contributed by atoms with Crippen molar-refractivity contribution in [2.75, 3.05) is 13.2 Å². The lowest BCUT2D eigenvalue weighted by atomic mass is 10.0. The molecular weight excluding hydrogens is 252 g/mol. The van der Waals surface area contributed by atoms with E-state index in [1.54, 1.807) is 6.92 Å². The molecule has 0 spiro atoms. The minimum absolute atomic E-state index is 0.0759. The lowest BCUT2D eigenvalue weighted by Gasteiger charge is -2.19. The zero-order valence-electron chi connectivity index (χ0n) is 11.4. The lowest BCUT2D eigenvalue weighted by molar-refractivity contribution is -0.156. The summed E-state index contributed by atoms with van der Waals surface area (Å²) >= 11 is 0. The zero-order chi connectivity index (χ0) is 14.4. The summed E-state index contributed by atoms with van der Waals surface area (Å²) in [5.41, 5.74) is 0. The van der Waals surface area contributed by atoms with E-state index in [-0.39, 0.29) is 24.6 Å². The SMILES string of the molecule is CC(=O)C[C@H]1CC[C@H]([C@@H](C)C(=O)OC[C@H](O)CO)O1. The average molecular weight is 274 g/mol. The maximum absolute atomic E-state index is 11.7. The van der Waals surface area contributed by atoms with Crippen LogP contribution in [0.3, 0.4) is 0 Å². The van der Waals surface area contributed by atoms with Gasteiger partial charge in [-0.2, -0.15) is 0 Å². The van der Waals surface area contributed by atoms with E-state index in [4.69, 9.17) is 19.7 Å². The number of carbonyl (C=O) groups is 2. The molecule has 6 heteroatoms. The second-order valence-corrected chi connectivity index (χ2v) is 5.04. The molecule has 0 aromatic heterocycles. The van der Waals surface area contributed by atoms with Crippen LogP contribution >= 0.6 is 0 Å². The number of hydrogen-bond acceptors (Lipinski definition) is 6. The quantitative estimate of drug-likeness (QED) is 0.637. The Morgan fingerprint density at radius 3 is 2.68 bits per heavy atom. The normalized spacial score (nSPS) is 25.9. The van der Waals surface area contributed by atoms with E-state index in [1.807, 2.05) is 0 Å². The minimum Gasteiger partial charge on any atom is -0.463 e. The van der Waals surface area contributed by atoms with Gasteiger partial charge in [0, 0.05) is 6.42 Å². The van der Waals surface area contributed by atoms with Crippen LogP contribution in [-0.4, -0.2) is 53.5 Å². The van der Waals surface area contributed by atoms with Gasteiger partial charge in [-0.1, -0.05) is 0 Å². The van der Waals surface area contributed by atoms with Gasteiger partial charge in [0.25, 0.3) is 0 Å². The molecule has 0 radical (unpaired) electrons. The fourth-order valence-corrected chi connectivity index (χ4v) is 2.09. The minimum atomic E-state index is -1.05. The molecule has 110 valence electrons. The summed E-state index contributed by atoms with van der Waals surface area (Å²) < 4.78 is 10.5.